The molecule has 3 amide bonds. The van der Waals surface area contributed by atoms with Gasteiger partial charge in [-0.1, -0.05) is 28.9 Å². The first-order valence-electron chi connectivity index (χ1n) is 16.3. The number of alkyl halides is 3. The van der Waals surface area contributed by atoms with Crippen LogP contribution in [-0.2, 0) is 19.9 Å². The number of amides is 3. The van der Waals surface area contributed by atoms with Gasteiger partial charge < -0.3 is 41.0 Å². The van der Waals surface area contributed by atoms with Crippen molar-refractivity contribution in [1.29, 1.82) is 0 Å². The number of nitrogens with zero attached hydrogens (tertiary/aromatic N) is 4. The molecule has 1 fully saturated rings. The fourth-order valence-corrected chi connectivity index (χ4v) is 5.22. The summed E-state index contributed by atoms with van der Waals surface area (Å²) in [5.74, 6) is -4.25. The molecule has 1 atom stereocenters. The Kier molecular flexibility index (Phi) is 11.1. The Morgan fingerprint density at radius 2 is 1.55 bits per heavy atom. The van der Waals surface area contributed by atoms with Crippen molar-refractivity contribution in [3.8, 4) is 17.3 Å². The summed E-state index contributed by atoms with van der Waals surface area (Å²) in [6, 6.07) is 18.3. The normalized spacial score (nSPS) is 13.5. The second-order valence-corrected chi connectivity index (χ2v) is 12.5. The van der Waals surface area contributed by atoms with Crippen LogP contribution in [0.2, 0.25) is 5.02 Å². The molecule has 1 aliphatic carbocycles. The Morgan fingerprint density at radius 3 is 2.16 bits per heavy atom. The molecule has 0 radical (unpaired) electrons. The van der Waals surface area contributed by atoms with E-state index in [1.54, 1.807) is 30.3 Å². The van der Waals surface area contributed by atoms with Gasteiger partial charge in [-0.05, 0) is 79.1 Å². The lowest BCUT2D eigenvalue weighted by Gasteiger charge is -2.19. The zero-order valence-corrected chi connectivity index (χ0v) is 28.9. The lowest BCUT2D eigenvalue weighted by Crippen LogP contribution is -2.50. The number of nitrogens with one attached hydrogen (secondary N) is 5. The molecular formula is C35H29ClF3N9O7. The Hall–Kier alpha value is -6.76. The predicted octanol–water partition coefficient (Wildman–Crippen LogP) is 4.90. The van der Waals surface area contributed by atoms with E-state index in [0.717, 1.165) is 5.56 Å². The summed E-state index contributed by atoms with van der Waals surface area (Å²) in [4.78, 5) is 61.8. The van der Waals surface area contributed by atoms with Crippen molar-refractivity contribution < 1.29 is 46.7 Å². The summed E-state index contributed by atoms with van der Waals surface area (Å²) < 4.78 is 48.7. The Labute approximate surface area is 313 Å². The molecule has 6 N–H and O–H groups in total. The number of carboxylic acids is 1. The highest BCUT2D eigenvalue weighted by atomic mass is 35.5. The van der Waals surface area contributed by atoms with Crippen LogP contribution in [0.15, 0.2) is 89.6 Å². The monoisotopic (exact) mass is 779 g/mol. The van der Waals surface area contributed by atoms with Crippen molar-refractivity contribution in [2.24, 2.45) is 0 Å². The van der Waals surface area contributed by atoms with Gasteiger partial charge in [0.05, 0.1) is 11.7 Å². The first kappa shape index (κ1) is 38.0. The first-order chi connectivity index (χ1) is 26.2. The minimum absolute atomic E-state index is 0.0143. The van der Waals surface area contributed by atoms with Crippen molar-refractivity contribution in [3.05, 3.63) is 101 Å². The summed E-state index contributed by atoms with van der Waals surface area (Å²) in [6.07, 6.45) is -1.80. The molecule has 55 heavy (non-hydrogen) atoms. The van der Waals surface area contributed by atoms with E-state index in [4.69, 9.17) is 20.9 Å². The number of anilines is 4. The van der Waals surface area contributed by atoms with E-state index < -0.39 is 60.6 Å². The first-order valence-corrected chi connectivity index (χ1v) is 16.6. The third-order valence-corrected chi connectivity index (χ3v) is 8.27. The lowest BCUT2D eigenvalue weighted by molar-refractivity contribution is -0.154. The van der Waals surface area contributed by atoms with E-state index in [1.807, 2.05) is 12.1 Å². The molecule has 0 spiro atoms. The van der Waals surface area contributed by atoms with Crippen LogP contribution in [-0.4, -0.2) is 74.3 Å². The van der Waals surface area contributed by atoms with E-state index in [-0.39, 0.29) is 23.1 Å². The Bertz CT molecular complexity index is 2170. The van der Waals surface area contributed by atoms with Crippen LogP contribution in [0.4, 0.5) is 36.4 Å². The maximum absolute atomic E-state index is 12.9. The molecule has 2 aromatic heterocycles. The second kappa shape index (κ2) is 16.1. The van der Waals surface area contributed by atoms with Crippen molar-refractivity contribution in [2.75, 3.05) is 29.1 Å². The van der Waals surface area contributed by atoms with E-state index in [2.05, 4.69) is 46.7 Å². The summed E-state index contributed by atoms with van der Waals surface area (Å²) in [5, 5.41) is 26.6. The van der Waals surface area contributed by atoms with Gasteiger partial charge in [-0.15, -0.1) is 0 Å². The molecule has 1 aliphatic rings. The van der Waals surface area contributed by atoms with Gasteiger partial charge in [-0.2, -0.15) is 28.1 Å². The number of carbonyl (C=O) groups excluding carboxylic acids is 3. The molecule has 20 heteroatoms. The molecule has 0 saturated heterocycles. The highest BCUT2D eigenvalue weighted by molar-refractivity contribution is 6.39. The van der Waals surface area contributed by atoms with Gasteiger partial charge in [-0.3, -0.25) is 14.4 Å². The van der Waals surface area contributed by atoms with E-state index >= 15 is 0 Å². The molecule has 3 aromatic carbocycles. The van der Waals surface area contributed by atoms with Gasteiger partial charge in [0.15, 0.2) is 12.4 Å². The average Bonchev–Trinajstić information content (AvgIpc) is 3.71. The molecule has 16 nitrogen and oxygen atoms in total. The van der Waals surface area contributed by atoms with Crippen LogP contribution < -0.4 is 31.3 Å². The number of aromatic nitrogens is 4. The number of carboxylic acid groups (broad SMARTS) is 1. The largest absolute Gasteiger partial charge is 0.480 e. The summed E-state index contributed by atoms with van der Waals surface area (Å²) >= 11 is 6.02. The van der Waals surface area contributed by atoms with Crippen molar-refractivity contribution in [3.63, 3.8) is 0 Å². The zero-order chi connectivity index (χ0) is 39.2. The summed E-state index contributed by atoms with van der Waals surface area (Å²) in [7, 11) is 0. The van der Waals surface area contributed by atoms with Crippen molar-refractivity contribution in [2.45, 2.75) is 30.6 Å². The third kappa shape index (κ3) is 10.2. The summed E-state index contributed by atoms with van der Waals surface area (Å²) in [5.41, 5.74) is 1.58. The molecule has 5 aromatic rings. The van der Waals surface area contributed by atoms with Gasteiger partial charge in [0.25, 0.3) is 5.91 Å². The number of ether oxygens (including phenoxy) is 1. The number of halogens is 4. The van der Waals surface area contributed by atoms with E-state index in [0.29, 0.717) is 34.9 Å². The number of hydrogen-bond donors (Lipinski definition) is 6. The van der Waals surface area contributed by atoms with E-state index in [1.165, 1.54) is 42.6 Å². The van der Waals surface area contributed by atoms with Crippen molar-refractivity contribution >= 4 is 58.6 Å². The SMILES string of the molecule is O=C(NC[C@H](NC(=O)c1ccc(Nc2nc(NC3(c4ccc(Cl)cc4)CC3)nc(OCC(F)(F)F)n2)cc1)C(=O)O)C(=O)Nc1ccc(-c2ccno2)cc1. The van der Waals surface area contributed by atoms with Gasteiger partial charge in [0.2, 0.25) is 11.9 Å². The molecule has 6 rings (SSSR count). The fourth-order valence-electron chi connectivity index (χ4n) is 5.09. The minimum atomic E-state index is -4.65. The predicted molar refractivity (Wildman–Crippen MR) is 190 cm³/mol. The topological polar surface area (TPSA) is 223 Å². The standard InChI is InChI=1S/C35H29ClF3N9O7/c36-22-7-5-21(6-8-22)34(14-15-34)48-32-45-31(46-33(47-32)54-18-35(37,38)39)43-24-11-3-20(4-12-24)27(49)44-25(30(52)53)17-40-28(50)29(51)42-23-9-1-19(2-10-23)26-13-16-41-55-26/h1-13,16,25H,14-15,17-18H2,(H,40,50)(H,42,51)(H,44,49)(H,52,53)(H2,43,45,46,47,48)/t25-/m0/s1. The number of hydrogen-bond acceptors (Lipinski definition) is 12. The number of benzene rings is 3. The maximum Gasteiger partial charge on any atom is 0.422 e. The van der Waals surface area contributed by atoms with Crippen LogP contribution in [0.25, 0.3) is 11.3 Å². The van der Waals surface area contributed by atoms with Gasteiger partial charge in [-0.25, -0.2) is 4.79 Å². The molecule has 0 aliphatic heterocycles. The maximum atomic E-state index is 12.9. The molecular weight excluding hydrogens is 751 g/mol. The molecule has 0 unspecified atom stereocenters. The average molecular weight is 780 g/mol. The second-order valence-electron chi connectivity index (χ2n) is 12.1. The highest BCUT2D eigenvalue weighted by Gasteiger charge is 2.45. The van der Waals surface area contributed by atoms with Crippen LogP contribution >= 0.6 is 11.6 Å². The molecule has 0 bridgehead atoms. The third-order valence-electron chi connectivity index (χ3n) is 8.02. The van der Waals surface area contributed by atoms with Crippen LogP contribution in [0.5, 0.6) is 6.01 Å². The molecule has 284 valence electrons. The number of aliphatic carboxylic acids is 1. The van der Waals surface area contributed by atoms with E-state index in [9.17, 15) is 37.5 Å². The lowest BCUT2D eigenvalue weighted by atomic mass is 10.1. The molecule has 1 saturated carbocycles. The fraction of sp³-hybridized carbons (Fsp3) is 0.200. The molecule has 2 heterocycles. The van der Waals surface area contributed by atoms with Gasteiger partial charge >= 0.3 is 30.0 Å². The highest BCUT2D eigenvalue weighted by Crippen LogP contribution is 2.48. The Balaban J connectivity index is 1.06. The Morgan fingerprint density at radius 1 is 0.873 bits per heavy atom. The van der Waals surface area contributed by atoms with Crippen LogP contribution in [0.1, 0.15) is 28.8 Å². The minimum Gasteiger partial charge on any atom is -0.480 e. The number of carbonyl (C=O) groups is 4. The zero-order valence-electron chi connectivity index (χ0n) is 28.2. The van der Waals surface area contributed by atoms with Gasteiger partial charge in [0.1, 0.15) is 6.04 Å². The van der Waals surface area contributed by atoms with Gasteiger partial charge in [0, 0.05) is 40.1 Å². The van der Waals surface area contributed by atoms with Crippen LogP contribution in [0.3, 0.4) is 0 Å². The quantitative estimate of drug-likeness (QED) is 0.0827. The summed E-state index contributed by atoms with van der Waals surface area (Å²) in [6.45, 7) is -2.26. The van der Waals surface area contributed by atoms with Crippen molar-refractivity contribution in [1.82, 2.24) is 30.7 Å². The van der Waals surface area contributed by atoms with Crippen LogP contribution in [0, 0.1) is 0 Å². The smallest absolute Gasteiger partial charge is 0.422 e. The number of rotatable bonds is 14.